The fourth-order valence-corrected chi connectivity index (χ4v) is 3.14. The Morgan fingerprint density at radius 2 is 1.86 bits per heavy atom. The van der Waals surface area contributed by atoms with Crippen LogP contribution in [0.2, 0.25) is 5.02 Å². The van der Waals surface area contributed by atoms with Crippen LogP contribution in [0.1, 0.15) is 16.7 Å². The van der Waals surface area contributed by atoms with Crippen molar-refractivity contribution in [2.75, 3.05) is 0 Å². The third-order valence-corrected chi connectivity index (χ3v) is 4.98. The van der Waals surface area contributed by atoms with Gasteiger partial charge in [0, 0.05) is 11.6 Å². The van der Waals surface area contributed by atoms with Crippen molar-refractivity contribution in [2.45, 2.75) is 25.0 Å². The van der Waals surface area contributed by atoms with Gasteiger partial charge in [0.15, 0.2) is 0 Å². The monoisotopic (exact) mass is 325 g/mol. The topological polar surface area (TPSA) is 66.4 Å². The molecule has 2 aromatic rings. The van der Waals surface area contributed by atoms with Crippen molar-refractivity contribution in [3.8, 4) is 0 Å². The van der Waals surface area contributed by atoms with E-state index >= 15 is 0 Å². The van der Waals surface area contributed by atoms with Crippen LogP contribution in [-0.2, 0) is 23.2 Å². The van der Waals surface area contributed by atoms with E-state index < -0.39 is 10.0 Å². The van der Waals surface area contributed by atoms with E-state index in [9.17, 15) is 8.42 Å². The number of nitrogens with one attached hydrogen (secondary N) is 1. The number of rotatable bonds is 5. The molecule has 6 heteroatoms. The van der Waals surface area contributed by atoms with Gasteiger partial charge in [0.1, 0.15) is 0 Å². The molecule has 0 radical (unpaired) electrons. The zero-order valence-electron chi connectivity index (χ0n) is 11.5. The number of aliphatic hydroxyl groups is 1. The Balaban J connectivity index is 2.21. The molecule has 0 atom stereocenters. The maximum atomic E-state index is 12.3. The molecule has 0 bridgehead atoms. The summed E-state index contributed by atoms with van der Waals surface area (Å²) in [4.78, 5) is 0.0875. The molecular formula is C15H16ClNO3S. The Morgan fingerprint density at radius 1 is 1.14 bits per heavy atom. The molecule has 0 unspecified atom stereocenters. The van der Waals surface area contributed by atoms with Crippen molar-refractivity contribution in [1.82, 2.24) is 4.72 Å². The van der Waals surface area contributed by atoms with Crippen LogP contribution in [0.15, 0.2) is 47.4 Å². The Morgan fingerprint density at radius 3 is 2.52 bits per heavy atom. The number of halogens is 1. The minimum absolute atomic E-state index is 0.0875. The van der Waals surface area contributed by atoms with E-state index in [0.29, 0.717) is 10.6 Å². The number of aryl methyl sites for hydroxylation is 1. The molecule has 0 aliphatic rings. The molecule has 0 heterocycles. The molecule has 2 aromatic carbocycles. The van der Waals surface area contributed by atoms with Gasteiger partial charge in [-0.2, -0.15) is 0 Å². The molecule has 4 nitrogen and oxygen atoms in total. The second-order valence-corrected chi connectivity index (χ2v) is 6.84. The lowest BCUT2D eigenvalue weighted by Gasteiger charge is -2.10. The van der Waals surface area contributed by atoms with E-state index in [2.05, 4.69) is 4.72 Å². The van der Waals surface area contributed by atoms with Gasteiger partial charge in [0.2, 0.25) is 10.0 Å². The maximum absolute atomic E-state index is 12.3. The fraction of sp³-hybridized carbons (Fsp3) is 0.200. The summed E-state index contributed by atoms with van der Waals surface area (Å²) in [6.07, 6.45) is 0. The highest BCUT2D eigenvalue weighted by atomic mass is 35.5. The van der Waals surface area contributed by atoms with Crippen molar-refractivity contribution < 1.29 is 13.5 Å². The van der Waals surface area contributed by atoms with Gasteiger partial charge in [0.25, 0.3) is 0 Å². The quantitative estimate of drug-likeness (QED) is 0.888. The van der Waals surface area contributed by atoms with Crippen LogP contribution in [0.4, 0.5) is 0 Å². The summed E-state index contributed by atoms with van der Waals surface area (Å²) in [7, 11) is -3.64. The normalized spacial score (nSPS) is 11.6. The first-order chi connectivity index (χ1) is 9.94. The summed E-state index contributed by atoms with van der Waals surface area (Å²) < 4.78 is 27.1. The highest BCUT2D eigenvalue weighted by Gasteiger charge is 2.15. The summed E-state index contributed by atoms with van der Waals surface area (Å²) in [5, 5.41) is 9.50. The zero-order chi connectivity index (χ0) is 15.5. The van der Waals surface area contributed by atoms with Gasteiger partial charge < -0.3 is 5.11 Å². The summed E-state index contributed by atoms with van der Waals surface area (Å²) in [5.41, 5.74) is 2.32. The fourth-order valence-electron chi connectivity index (χ4n) is 1.90. The van der Waals surface area contributed by atoms with E-state index in [1.165, 1.54) is 18.2 Å². The Labute approximate surface area is 129 Å². The second-order valence-electron chi connectivity index (χ2n) is 4.66. The lowest BCUT2D eigenvalue weighted by molar-refractivity contribution is 0.281. The number of aliphatic hydroxyl groups excluding tert-OH is 1. The number of sulfonamides is 1. The Kier molecular flexibility index (Phi) is 5.00. The largest absolute Gasteiger partial charge is 0.392 e. The molecule has 0 fully saturated rings. The van der Waals surface area contributed by atoms with E-state index in [1.807, 2.05) is 31.2 Å². The van der Waals surface area contributed by atoms with Crippen LogP contribution in [0.3, 0.4) is 0 Å². The average molecular weight is 326 g/mol. The van der Waals surface area contributed by atoms with Crippen molar-refractivity contribution in [3.05, 3.63) is 64.2 Å². The molecule has 2 N–H and O–H groups in total. The van der Waals surface area contributed by atoms with Gasteiger partial charge in [-0.05, 0) is 41.8 Å². The van der Waals surface area contributed by atoms with Crippen molar-refractivity contribution in [3.63, 3.8) is 0 Å². The van der Waals surface area contributed by atoms with Gasteiger partial charge >= 0.3 is 0 Å². The first kappa shape index (κ1) is 16.0. The lowest BCUT2D eigenvalue weighted by atomic mass is 10.1. The summed E-state index contributed by atoms with van der Waals surface area (Å²) in [5.74, 6) is 0. The lowest BCUT2D eigenvalue weighted by Crippen LogP contribution is -2.23. The van der Waals surface area contributed by atoms with Crippen molar-refractivity contribution in [2.24, 2.45) is 0 Å². The smallest absolute Gasteiger partial charge is 0.240 e. The van der Waals surface area contributed by atoms with Crippen molar-refractivity contribution in [1.29, 1.82) is 0 Å². The van der Waals surface area contributed by atoms with Gasteiger partial charge in [-0.15, -0.1) is 0 Å². The number of hydrogen-bond donors (Lipinski definition) is 2. The Hall–Kier alpha value is -1.40. The molecule has 0 aromatic heterocycles. The summed E-state index contributed by atoms with van der Waals surface area (Å²) >= 11 is 5.86. The molecule has 0 aliphatic carbocycles. The van der Waals surface area contributed by atoms with Gasteiger partial charge in [-0.25, -0.2) is 13.1 Å². The standard InChI is InChI=1S/C15H16ClNO3S/c1-11-4-2-3-5-12(11)9-17-21(19,20)14-6-7-15(16)13(8-14)10-18/h2-8,17-18H,9-10H2,1H3. The van der Waals surface area contributed by atoms with E-state index in [-0.39, 0.29) is 18.0 Å². The number of hydrogen-bond acceptors (Lipinski definition) is 3. The zero-order valence-corrected chi connectivity index (χ0v) is 13.1. The third-order valence-electron chi connectivity index (χ3n) is 3.21. The molecule has 0 amide bonds. The van der Waals surface area contributed by atoms with E-state index in [4.69, 9.17) is 16.7 Å². The highest BCUT2D eigenvalue weighted by Crippen LogP contribution is 2.20. The molecule has 21 heavy (non-hydrogen) atoms. The summed E-state index contributed by atoms with van der Waals surface area (Å²) in [6, 6.07) is 11.8. The van der Waals surface area contributed by atoms with Crippen LogP contribution < -0.4 is 4.72 Å². The highest BCUT2D eigenvalue weighted by molar-refractivity contribution is 7.89. The minimum Gasteiger partial charge on any atom is -0.392 e. The predicted molar refractivity (Wildman–Crippen MR) is 82.6 cm³/mol. The Bertz CT molecular complexity index is 744. The average Bonchev–Trinajstić information content (AvgIpc) is 2.46. The SMILES string of the molecule is Cc1ccccc1CNS(=O)(=O)c1ccc(Cl)c(CO)c1. The van der Waals surface area contributed by atoms with Gasteiger partial charge in [0.05, 0.1) is 11.5 Å². The van der Waals surface area contributed by atoms with Crippen molar-refractivity contribution >= 4 is 21.6 Å². The van der Waals surface area contributed by atoms with Crippen LogP contribution >= 0.6 is 11.6 Å². The van der Waals surface area contributed by atoms with E-state index in [0.717, 1.165) is 11.1 Å². The van der Waals surface area contributed by atoms with Gasteiger partial charge in [-0.3, -0.25) is 0 Å². The third kappa shape index (κ3) is 3.83. The van der Waals surface area contributed by atoms with Gasteiger partial charge in [-0.1, -0.05) is 35.9 Å². The van der Waals surface area contributed by atoms with Crippen LogP contribution in [0.25, 0.3) is 0 Å². The summed E-state index contributed by atoms with van der Waals surface area (Å²) in [6.45, 7) is 1.84. The molecule has 0 aliphatic heterocycles. The minimum atomic E-state index is -3.64. The second kappa shape index (κ2) is 6.58. The molecule has 0 spiro atoms. The van der Waals surface area contributed by atoms with E-state index in [1.54, 1.807) is 0 Å². The first-order valence-electron chi connectivity index (χ1n) is 6.37. The maximum Gasteiger partial charge on any atom is 0.240 e. The van der Waals surface area contributed by atoms with Crippen LogP contribution in [-0.4, -0.2) is 13.5 Å². The van der Waals surface area contributed by atoms with Crippen LogP contribution in [0, 0.1) is 6.92 Å². The molecule has 2 rings (SSSR count). The predicted octanol–water partition coefficient (Wildman–Crippen LogP) is 2.62. The number of benzene rings is 2. The molecule has 0 saturated heterocycles. The molecular weight excluding hydrogens is 310 g/mol. The molecule has 0 saturated carbocycles. The first-order valence-corrected chi connectivity index (χ1v) is 8.23. The molecule has 112 valence electrons. The van der Waals surface area contributed by atoms with Crippen LogP contribution in [0.5, 0.6) is 0 Å².